The number of aryl methyl sites for hydroxylation is 2. The lowest BCUT2D eigenvalue weighted by atomic mass is 10.1. The van der Waals surface area contributed by atoms with E-state index in [1.54, 1.807) is 25.1 Å². The number of carbonyl (C=O) groups excluding carboxylic acids is 2. The van der Waals surface area contributed by atoms with E-state index in [-0.39, 0.29) is 12.0 Å². The molecule has 1 N–H and O–H groups in total. The summed E-state index contributed by atoms with van der Waals surface area (Å²) in [6, 6.07) is 14.5. The Labute approximate surface area is 166 Å². The van der Waals surface area contributed by atoms with Crippen molar-refractivity contribution in [3.05, 3.63) is 70.8 Å². The van der Waals surface area contributed by atoms with Crippen LogP contribution in [0.25, 0.3) is 0 Å². The van der Waals surface area contributed by atoms with Gasteiger partial charge in [0, 0.05) is 0 Å². The molecule has 0 saturated heterocycles. The van der Waals surface area contributed by atoms with Gasteiger partial charge in [0.1, 0.15) is 6.04 Å². The molecule has 1 unspecified atom stereocenters. The lowest BCUT2D eigenvalue weighted by Gasteiger charge is -2.20. The van der Waals surface area contributed by atoms with E-state index in [0.29, 0.717) is 5.56 Å². The Balaban J connectivity index is 0.000000237. The van der Waals surface area contributed by atoms with Crippen molar-refractivity contribution >= 4 is 17.8 Å². The minimum absolute atomic E-state index is 0.194. The molecule has 1 heterocycles. The predicted octanol–water partition coefficient (Wildman–Crippen LogP) is 4.48. The van der Waals surface area contributed by atoms with Gasteiger partial charge in [-0.1, -0.05) is 62.2 Å². The van der Waals surface area contributed by atoms with Gasteiger partial charge in [0.25, 0.3) is 11.8 Å². The van der Waals surface area contributed by atoms with Gasteiger partial charge in [-0.2, -0.15) is 0 Å². The number of fused-ring (bicyclic) bond motifs is 1. The first-order valence-electron chi connectivity index (χ1n) is 9.65. The molecule has 5 nitrogen and oxygen atoms in total. The molecule has 0 aliphatic carbocycles. The lowest BCUT2D eigenvalue weighted by Crippen LogP contribution is -2.44. The third-order valence-electron chi connectivity index (χ3n) is 4.72. The van der Waals surface area contributed by atoms with Crippen molar-refractivity contribution in [2.75, 3.05) is 0 Å². The van der Waals surface area contributed by atoms with E-state index in [2.05, 4.69) is 37.3 Å². The number of imide groups is 1. The third kappa shape index (κ3) is 4.85. The predicted molar refractivity (Wildman–Crippen MR) is 108 cm³/mol. The summed E-state index contributed by atoms with van der Waals surface area (Å²) in [5, 5.41) is 9.06. The first-order chi connectivity index (χ1) is 13.4. The number of benzene rings is 2. The molecule has 2 aromatic rings. The Bertz CT molecular complexity index is 845. The molecule has 1 aliphatic rings. The Hall–Kier alpha value is -2.95. The Kier molecular flexibility index (Phi) is 7.50. The number of carboxylic acids is 1. The molecule has 0 saturated carbocycles. The van der Waals surface area contributed by atoms with Gasteiger partial charge in [-0.15, -0.1) is 0 Å². The summed E-state index contributed by atoms with van der Waals surface area (Å²) in [6.07, 6.45) is 4.02. The Morgan fingerprint density at radius 1 is 1.00 bits per heavy atom. The quantitative estimate of drug-likeness (QED) is 0.749. The Morgan fingerprint density at radius 3 is 2.21 bits per heavy atom. The SMILES string of the molecule is CCC(C(=O)O)N1C(=O)c2ccc(C)cc2C1=O.CCCCc1ccccc1. The molecule has 0 fully saturated rings. The number of carbonyl (C=O) groups is 3. The maximum absolute atomic E-state index is 12.1. The fraction of sp³-hybridized carbons (Fsp3) is 0.348. The van der Waals surface area contributed by atoms with Crippen molar-refractivity contribution in [3.63, 3.8) is 0 Å². The monoisotopic (exact) mass is 381 g/mol. The second kappa shape index (κ2) is 9.83. The zero-order valence-electron chi connectivity index (χ0n) is 16.6. The number of amides is 2. The molecule has 0 spiro atoms. The molecule has 148 valence electrons. The van der Waals surface area contributed by atoms with E-state index in [1.165, 1.54) is 24.8 Å². The van der Waals surface area contributed by atoms with Crippen LogP contribution in [0.2, 0.25) is 0 Å². The standard InChI is InChI=1S/C13H13NO4.C10H14/c1-3-10(13(17)18)14-11(15)8-5-4-7(2)6-9(8)12(14)16;1-2-3-7-10-8-5-4-6-9-10/h4-6,10H,3H2,1-2H3,(H,17,18);4-6,8-9H,2-3,7H2,1H3. The maximum atomic E-state index is 12.1. The van der Waals surface area contributed by atoms with Crippen LogP contribution in [0.15, 0.2) is 48.5 Å². The molecule has 0 aromatic heterocycles. The highest BCUT2D eigenvalue weighted by Crippen LogP contribution is 2.26. The average Bonchev–Trinajstić information content (AvgIpc) is 2.93. The van der Waals surface area contributed by atoms with Crippen molar-refractivity contribution in [1.29, 1.82) is 0 Å². The van der Waals surface area contributed by atoms with Crippen molar-refractivity contribution in [2.45, 2.75) is 52.5 Å². The van der Waals surface area contributed by atoms with Gasteiger partial charge in [-0.3, -0.25) is 14.5 Å². The molecule has 5 heteroatoms. The summed E-state index contributed by atoms with van der Waals surface area (Å²) in [5.41, 5.74) is 2.90. The molecule has 28 heavy (non-hydrogen) atoms. The normalized spacial score (nSPS) is 13.6. The van der Waals surface area contributed by atoms with Crippen LogP contribution in [0.5, 0.6) is 0 Å². The first kappa shape index (κ1) is 21.4. The second-order valence-corrected chi connectivity index (χ2v) is 6.88. The number of unbranched alkanes of at least 4 members (excludes halogenated alkanes) is 1. The smallest absolute Gasteiger partial charge is 0.326 e. The van der Waals surface area contributed by atoms with Gasteiger partial charge in [-0.05, 0) is 43.9 Å². The van der Waals surface area contributed by atoms with E-state index in [4.69, 9.17) is 5.11 Å². The first-order valence-corrected chi connectivity index (χ1v) is 9.65. The van der Waals surface area contributed by atoms with Gasteiger partial charge in [0.05, 0.1) is 11.1 Å². The number of aliphatic carboxylic acids is 1. The van der Waals surface area contributed by atoms with Crippen LogP contribution in [0.3, 0.4) is 0 Å². The van der Waals surface area contributed by atoms with Crippen LogP contribution >= 0.6 is 0 Å². The number of hydrogen-bond donors (Lipinski definition) is 1. The van der Waals surface area contributed by atoms with Crippen molar-refractivity contribution < 1.29 is 19.5 Å². The van der Waals surface area contributed by atoms with Gasteiger partial charge in [0.2, 0.25) is 0 Å². The van der Waals surface area contributed by atoms with Crippen molar-refractivity contribution in [2.24, 2.45) is 0 Å². The van der Waals surface area contributed by atoms with E-state index in [0.717, 1.165) is 10.5 Å². The highest BCUT2D eigenvalue weighted by Gasteiger charge is 2.42. The molecule has 3 rings (SSSR count). The number of hydrogen-bond acceptors (Lipinski definition) is 3. The average molecular weight is 381 g/mol. The minimum Gasteiger partial charge on any atom is -0.480 e. The van der Waals surface area contributed by atoms with Gasteiger partial charge in [-0.25, -0.2) is 4.79 Å². The lowest BCUT2D eigenvalue weighted by molar-refractivity contribution is -0.141. The Morgan fingerprint density at radius 2 is 1.64 bits per heavy atom. The molecule has 1 aliphatic heterocycles. The zero-order chi connectivity index (χ0) is 20.7. The topological polar surface area (TPSA) is 74.7 Å². The molecule has 0 radical (unpaired) electrons. The largest absolute Gasteiger partial charge is 0.480 e. The summed E-state index contributed by atoms with van der Waals surface area (Å²) >= 11 is 0. The zero-order valence-corrected chi connectivity index (χ0v) is 16.6. The van der Waals surface area contributed by atoms with Crippen LogP contribution in [0.4, 0.5) is 0 Å². The van der Waals surface area contributed by atoms with Crippen LogP contribution < -0.4 is 0 Å². The van der Waals surface area contributed by atoms with Gasteiger partial charge >= 0.3 is 5.97 Å². The molecule has 0 bridgehead atoms. The summed E-state index contributed by atoms with van der Waals surface area (Å²) in [5.74, 6) is -2.21. The highest BCUT2D eigenvalue weighted by atomic mass is 16.4. The summed E-state index contributed by atoms with van der Waals surface area (Å²) < 4.78 is 0. The summed E-state index contributed by atoms with van der Waals surface area (Å²) in [4.78, 5) is 36.1. The van der Waals surface area contributed by atoms with Crippen molar-refractivity contribution in [1.82, 2.24) is 4.90 Å². The fourth-order valence-electron chi connectivity index (χ4n) is 3.15. The highest BCUT2D eigenvalue weighted by molar-refractivity contribution is 6.22. The van der Waals surface area contributed by atoms with Crippen LogP contribution in [0.1, 0.15) is 65.0 Å². The molecule has 2 amide bonds. The van der Waals surface area contributed by atoms with E-state index in [1.807, 2.05) is 6.92 Å². The molecular weight excluding hydrogens is 354 g/mol. The minimum atomic E-state index is -1.16. The maximum Gasteiger partial charge on any atom is 0.326 e. The summed E-state index contributed by atoms with van der Waals surface area (Å²) in [6.45, 7) is 5.67. The third-order valence-corrected chi connectivity index (χ3v) is 4.72. The number of carboxylic acid groups (broad SMARTS) is 1. The van der Waals surface area contributed by atoms with E-state index in [9.17, 15) is 14.4 Å². The van der Waals surface area contributed by atoms with Gasteiger partial charge in [0.15, 0.2) is 0 Å². The number of nitrogens with zero attached hydrogens (tertiary/aromatic N) is 1. The van der Waals surface area contributed by atoms with Crippen molar-refractivity contribution in [3.8, 4) is 0 Å². The van der Waals surface area contributed by atoms with Crippen LogP contribution in [-0.2, 0) is 11.2 Å². The fourth-order valence-corrected chi connectivity index (χ4v) is 3.15. The van der Waals surface area contributed by atoms with Gasteiger partial charge < -0.3 is 5.11 Å². The molecule has 1 atom stereocenters. The molecule has 2 aromatic carbocycles. The van der Waals surface area contributed by atoms with Crippen LogP contribution in [-0.4, -0.2) is 33.8 Å². The van der Waals surface area contributed by atoms with Crippen LogP contribution in [0, 0.1) is 6.92 Å². The molecular formula is C23H27NO4. The van der Waals surface area contributed by atoms with E-state index >= 15 is 0 Å². The summed E-state index contributed by atoms with van der Waals surface area (Å²) in [7, 11) is 0. The number of rotatable bonds is 6. The second-order valence-electron chi connectivity index (χ2n) is 6.88. The van der Waals surface area contributed by atoms with E-state index < -0.39 is 23.8 Å².